The van der Waals surface area contributed by atoms with E-state index in [1.165, 1.54) is 0 Å². The monoisotopic (exact) mass is 236 g/mol. The van der Waals surface area contributed by atoms with Crippen molar-refractivity contribution in [3.05, 3.63) is 29.8 Å². The van der Waals surface area contributed by atoms with Gasteiger partial charge >= 0.3 is 5.97 Å². The molecule has 4 heteroatoms. The summed E-state index contributed by atoms with van der Waals surface area (Å²) < 4.78 is 16.6. The smallest absolute Gasteiger partial charge is 0.325 e. The van der Waals surface area contributed by atoms with Crippen LogP contribution < -0.4 is 0 Å². The molecule has 0 N–H and O–H groups in total. The van der Waals surface area contributed by atoms with Crippen LogP contribution in [0.1, 0.15) is 12.0 Å². The number of cyclic esters (lactones) is 1. The summed E-state index contributed by atoms with van der Waals surface area (Å²) in [7, 11) is -1.26. The van der Waals surface area contributed by atoms with Crippen LogP contribution in [0.25, 0.3) is 0 Å². The molecule has 3 nitrogen and oxygen atoms in total. The number of esters is 1. The van der Waals surface area contributed by atoms with E-state index in [-0.39, 0.29) is 11.9 Å². The molecule has 1 aromatic carbocycles. The summed E-state index contributed by atoms with van der Waals surface area (Å²) in [6.07, 6.45) is 0.715. The van der Waals surface area contributed by atoms with Gasteiger partial charge in [0.2, 0.25) is 0 Å². The quantitative estimate of drug-likeness (QED) is 0.729. The van der Waals surface area contributed by atoms with E-state index in [4.69, 9.17) is 4.74 Å². The number of hydrogen-bond acceptors (Lipinski definition) is 3. The van der Waals surface area contributed by atoms with Crippen LogP contribution in [0.15, 0.2) is 29.2 Å². The minimum Gasteiger partial charge on any atom is -0.464 e. The second-order valence-corrected chi connectivity index (χ2v) is 6.21. The van der Waals surface area contributed by atoms with Crippen molar-refractivity contribution in [1.82, 2.24) is 0 Å². The van der Waals surface area contributed by atoms with Crippen LogP contribution in [-0.4, -0.2) is 21.5 Å². The van der Waals surface area contributed by atoms with E-state index < -0.39 is 15.5 Å². The maximum Gasteiger partial charge on any atom is 0.325 e. The normalized spacial score (nSPS) is 33.1. The summed E-state index contributed by atoms with van der Waals surface area (Å²) in [5, 5.41) is 0. The second-order valence-electron chi connectivity index (χ2n) is 4.47. The third-order valence-electron chi connectivity index (χ3n) is 3.38. The van der Waals surface area contributed by atoms with Crippen LogP contribution in [0.2, 0.25) is 0 Å². The first-order chi connectivity index (χ1) is 7.64. The highest BCUT2D eigenvalue weighted by Gasteiger charge is 2.70. The molecule has 1 aliphatic carbocycles. The van der Waals surface area contributed by atoms with Gasteiger partial charge in [0.1, 0.15) is 0 Å². The molecule has 16 heavy (non-hydrogen) atoms. The van der Waals surface area contributed by atoms with Crippen LogP contribution in [-0.2, 0) is 20.3 Å². The highest BCUT2D eigenvalue weighted by Crippen LogP contribution is 2.55. The minimum atomic E-state index is -1.26. The molecule has 3 atom stereocenters. The van der Waals surface area contributed by atoms with Gasteiger partial charge < -0.3 is 4.74 Å². The topological polar surface area (TPSA) is 43.4 Å². The van der Waals surface area contributed by atoms with Crippen molar-refractivity contribution in [2.45, 2.75) is 23.0 Å². The molecule has 0 aromatic heterocycles. The lowest BCUT2D eigenvalue weighted by Crippen LogP contribution is -2.27. The van der Waals surface area contributed by atoms with Gasteiger partial charge in [-0.05, 0) is 25.5 Å². The van der Waals surface area contributed by atoms with Gasteiger partial charge in [-0.1, -0.05) is 17.7 Å². The van der Waals surface area contributed by atoms with Gasteiger partial charge in [0, 0.05) is 10.8 Å². The molecular formula is C12H12O3S. The largest absolute Gasteiger partial charge is 0.464 e. The summed E-state index contributed by atoms with van der Waals surface area (Å²) in [5.74, 6) is -0.112. The van der Waals surface area contributed by atoms with Gasteiger partial charge in [-0.3, -0.25) is 9.00 Å². The van der Waals surface area contributed by atoms with Gasteiger partial charge in [-0.15, -0.1) is 0 Å². The minimum absolute atomic E-state index is 0.169. The van der Waals surface area contributed by atoms with Crippen LogP contribution >= 0.6 is 0 Å². The predicted octanol–water partition coefficient (Wildman–Crippen LogP) is 1.42. The third kappa shape index (κ3) is 1.19. The fourth-order valence-electron chi connectivity index (χ4n) is 2.22. The van der Waals surface area contributed by atoms with Crippen molar-refractivity contribution in [3.8, 4) is 0 Å². The van der Waals surface area contributed by atoms with Crippen LogP contribution in [0.5, 0.6) is 0 Å². The summed E-state index contributed by atoms with van der Waals surface area (Å²) in [6.45, 7) is 2.42. The molecule has 1 unspecified atom stereocenters. The molecule has 0 spiro atoms. The number of ether oxygens (including phenoxy) is 1. The number of rotatable bonds is 2. The predicted molar refractivity (Wildman–Crippen MR) is 59.4 cm³/mol. The fraction of sp³-hybridized carbons (Fsp3) is 0.417. The molecule has 1 aromatic rings. The maximum atomic E-state index is 12.3. The van der Waals surface area contributed by atoms with Crippen LogP contribution in [0.3, 0.4) is 0 Å². The average Bonchev–Trinajstić information content (AvgIpc) is 2.94. The molecule has 84 valence electrons. The van der Waals surface area contributed by atoms with E-state index in [9.17, 15) is 9.00 Å². The van der Waals surface area contributed by atoms with E-state index in [2.05, 4.69) is 0 Å². The van der Waals surface area contributed by atoms with Crippen molar-refractivity contribution in [3.63, 3.8) is 0 Å². The molecule has 2 aliphatic rings. The molecule has 0 bridgehead atoms. The van der Waals surface area contributed by atoms with Gasteiger partial charge in [-0.25, -0.2) is 0 Å². The van der Waals surface area contributed by atoms with E-state index in [0.29, 0.717) is 13.0 Å². The number of fused-ring (bicyclic) bond motifs is 1. The Kier molecular flexibility index (Phi) is 1.98. The van der Waals surface area contributed by atoms with Gasteiger partial charge in [0.15, 0.2) is 4.75 Å². The van der Waals surface area contributed by atoms with Crippen LogP contribution in [0.4, 0.5) is 0 Å². The van der Waals surface area contributed by atoms with Crippen molar-refractivity contribution >= 4 is 16.8 Å². The summed E-state index contributed by atoms with van der Waals surface area (Å²) in [6, 6.07) is 7.51. The number of hydrogen-bond donors (Lipinski definition) is 0. The Hall–Kier alpha value is -1.16. The van der Waals surface area contributed by atoms with Gasteiger partial charge in [-0.2, -0.15) is 0 Å². The Morgan fingerprint density at radius 3 is 2.56 bits per heavy atom. The summed E-state index contributed by atoms with van der Waals surface area (Å²) >= 11 is 0. The molecule has 1 aliphatic heterocycles. The molecule has 0 amide bonds. The van der Waals surface area contributed by atoms with E-state index >= 15 is 0 Å². The lowest BCUT2D eigenvalue weighted by molar-refractivity contribution is -0.140. The third-order valence-corrected chi connectivity index (χ3v) is 5.40. The lowest BCUT2D eigenvalue weighted by Gasteiger charge is -2.09. The van der Waals surface area contributed by atoms with Crippen molar-refractivity contribution in [2.24, 2.45) is 5.92 Å². The Morgan fingerprint density at radius 2 is 2.06 bits per heavy atom. The number of carbonyl (C=O) groups is 1. The number of aryl methyl sites for hydroxylation is 1. The summed E-state index contributed by atoms with van der Waals surface area (Å²) in [5.41, 5.74) is 1.12. The van der Waals surface area contributed by atoms with E-state index in [1.807, 2.05) is 31.2 Å². The molecule has 1 heterocycles. The first kappa shape index (κ1) is 10.0. The molecule has 2 fully saturated rings. The SMILES string of the molecule is Cc1ccc(S(=O)[C@]23C[C@H]2COC3=O)cc1. The lowest BCUT2D eigenvalue weighted by atomic mass is 10.2. The van der Waals surface area contributed by atoms with Gasteiger partial charge in [0.05, 0.1) is 17.4 Å². The number of benzene rings is 1. The van der Waals surface area contributed by atoms with E-state index in [1.54, 1.807) is 0 Å². The molecule has 1 saturated heterocycles. The average molecular weight is 236 g/mol. The Balaban J connectivity index is 1.94. The Morgan fingerprint density at radius 1 is 1.38 bits per heavy atom. The fourth-order valence-corrected chi connectivity index (χ4v) is 3.96. The van der Waals surface area contributed by atoms with Crippen LogP contribution in [0, 0.1) is 12.8 Å². The highest BCUT2D eigenvalue weighted by molar-refractivity contribution is 7.87. The van der Waals surface area contributed by atoms with Crippen molar-refractivity contribution in [1.29, 1.82) is 0 Å². The first-order valence-electron chi connectivity index (χ1n) is 5.30. The molecule has 3 rings (SSSR count). The standard InChI is InChI=1S/C12H12O3S/c1-8-2-4-10(5-3-8)16(14)12-6-9(12)7-15-11(12)13/h2-5,9H,6-7H2,1H3/t9-,12+,16?/m0/s1. The zero-order valence-electron chi connectivity index (χ0n) is 8.93. The first-order valence-corrected chi connectivity index (χ1v) is 6.45. The highest BCUT2D eigenvalue weighted by atomic mass is 32.2. The Labute approximate surface area is 96.3 Å². The van der Waals surface area contributed by atoms with E-state index in [0.717, 1.165) is 10.5 Å². The number of carbonyl (C=O) groups excluding carboxylic acids is 1. The Bertz CT molecular complexity index is 480. The van der Waals surface area contributed by atoms with Gasteiger partial charge in [0.25, 0.3) is 0 Å². The maximum absolute atomic E-state index is 12.3. The van der Waals surface area contributed by atoms with Crippen molar-refractivity contribution < 1.29 is 13.7 Å². The summed E-state index contributed by atoms with van der Waals surface area (Å²) in [4.78, 5) is 12.3. The second kappa shape index (κ2) is 3.17. The molecule has 1 saturated carbocycles. The molecule has 0 radical (unpaired) electrons. The molecular weight excluding hydrogens is 224 g/mol. The van der Waals surface area contributed by atoms with Crippen molar-refractivity contribution in [2.75, 3.05) is 6.61 Å². The zero-order valence-corrected chi connectivity index (χ0v) is 9.75. The zero-order chi connectivity index (χ0) is 11.3.